The molecule has 15 unspecified atom stereocenters. The van der Waals surface area contributed by atoms with Crippen LogP contribution in [0.5, 0.6) is 0 Å². The van der Waals surface area contributed by atoms with E-state index in [0.29, 0.717) is 44.9 Å². The third-order valence-corrected chi connectivity index (χ3v) is 23.7. The van der Waals surface area contributed by atoms with Gasteiger partial charge in [-0.15, -0.1) is 0 Å². The largest absolute Gasteiger partial charge is 0.460 e. The van der Waals surface area contributed by atoms with Gasteiger partial charge in [0.25, 0.3) is 0 Å². The lowest BCUT2D eigenvalue weighted by molar-refractivity contribution is -0.380. The molecule has 111 heavy (non-hydrogen) atoms. The first kappa shape index (κ1) is 88.1. The van der Waals surface area contributed by atoms with Crippen molar-refractivity contribution in [1.29, 1.82) is 0 Å². The van der Waals surface area contributed by atoms with Crippen LogP contribution in [0.3, 0.4) is 0 Å². The van der Waals surface area contributed by atoms with Gasteiger partial charge in [0.2, 0.25) is 0 Å². The van der Waals surface area contributed by atoms with Crippen molar-refractivity contribution in [2.24, 2.45) is 29.6 Å². The highest BCUT2D eigenvalue weighted by Gasteiger charge is 2.57. The maximum atomic E-state index is 13.6. The first-order valence-corrected chi connectivity index (χ1v) is 38.5. The minimum absolute atomic E-state index is 0.0216. The van der Waals surface area contributed by atoms with Gasteiger partial charge >= 0.3 is 17.9 Å². The molecule has 40 atom stereocenters. The summed E-state index contributed by atoms with van der Waals surface area (Å²) >= 11 is 0. The molecular weight excluding hydrogens is 1490 g/mol. The number of hydrogen-bond acceptors (Lipinski definition) is 39. The van der Waals surface area contributed by atoms with E-state index in [9.17, 15) is 127 Å². The Balaban J connectivity index is 0.755. The van der Waals surface area contributed by atoms with E-state index in [1.807, 2.05) is 0 Å². The van der Waals surface area contributed by atoms with Gasteiger partial charge in [0.15, 0.2) is 31.5 Å². The number of aliphatic hydroxyl groups excluding tert-OH is 22. The van der Waals surface area contributed by atoms with Crippen LogP contribution in [-0.2, 0) is 80.7 Å². The van der Waals surface area contributed by atoms with Crippen LogP contribution in [-0.4, -0.2) is 390 Å². The lowest BCUT2D eigenvalue weighted by Crippen LogP contribution is -2.66. The Bertz CT molecular complexity index is 3020. The molecule has 11 fully saturated rings. The summed E-state index contributed by atoms with van der Waals surface area (Å²) in [5.41, 5.74) is 0. The van der Waals surface area contributed by atoms with E-state index in [1.54, 1.807) is 0 Å². The summed E-state index contributed by atoms with van der Waals surface area (Å²) in [6.45, 7) is -3.68. The highest BCUT2D eigenvalue weighted by molar-refractivity contribution is 5.82. The molecular formula is C72H112O39. The van der Waals surface area contributed by atoms with Crippen molar-refractivity contribution < 1.29 is 193 Å². The van der Waals surface area contributed by atoms with Crippen molar-refractivity contribution >= 4 is 17.9 Å². The van der Waals surface area contributed by atoms with Crippen molar-refractivity contribution in [3.8, 4) is 0 Å². The Morgan fingerprint density at radius 1 is 0.306 bits per heavy atom. The van der Waals surface area contributed by atoms with Gasteiger partial charge in [-0.25, -0.2) is 14.4 Å². The van der Waals surface area contributed by atoms with Crippen LogP contribution >= 0.6 is 0 Å². The Labute approximate surface area is 637 Å². The van der Waals surface area contributed by atoms with Gasteiger partial charge in [-0.3, -0.25) is 0 Å². The molecule has 0 spiro atoms. The number of carbonyl (C=O) groups excluding carboxylic acids is 3. The van der Waals surface area contributed by atoms with Crippen LogP contribution < -0.4 is 0 Å². The number of ether oxygens (including phenoxy) is 14. The third kappa shape index (κ3) is 21.6. The predicted octanol–water partition coefficient (Wildman–Crippen LogP) is -8.80. The van der Waals surface area contributed by atoms with E-state index in [1.165, 1.54) is 18.2 Å². The van der Waals surface area contributed by atoms with Crippen LogP contribution in [0.1, 0.15) is 103 Å². The second kappa shape index (κ2) is 39.7. The number of carbonyl (C=O) groups is 3. The fourth-order valence-electron chi connectivity index (χ4n) is 16.9. The first-order valence-electron chi connectivity index (χ1n) is 38.5. The monoisotopic (exact) mass is 1600 g/mol. The molecule has 5 saturated carbocycles. The number of fused-ring (bicyclic) bond motifs is 1. The standard InChI is InChI=1S/C72H112O39/c73-23-44-52(84)57(89)62(94)69(106-44)103-41-21-33(76)20-40-34(41)22-43(66(101-40)31-7-9-32(75)10-8-31)105-72-67(111-71-65(97)60(92)55(87)47(109-71)26-99-51(83)16-6-30-2-12-36(78)42(19-30)104-70-63(95)58(90)53(85)45(24-74)107-70)61(93)56(88)48(110-72)27-100-50(82)15-5-29-3-13-39(38(80)18-29)102-68-64(96)59(91)54(86)46(108-68)25-98-49(81)14-4-28-1-11-35(77)37(79)17-28/h4-6,14-16,28-48,52-80,84-97H,1-3,7-13,17-27H2/t28?,29?,30?,31?,32?,33?,34?,35?,36?,37?,38?,39?,40?,41?,42?,43?,44-,45-,46-,47-,48-,52-,53-,54-,55-,56-,57+,58+,59+,60+,61+,62-,63-,64-,65-,66?,67-,68-,69-,70-,71+,72-/m1/s1. The summed E-state index contributed by atoms with van der Waals surface area (Å²) in [7, 11) is 0. The predicted molar refractivity (Wildman–Crippen MR) is 362 cm³/mol. The number of aliphatic hydroxyl groups is 22. The van der Waals surface area contributed by atoms with Crippen LogP contribution in [0.25, 0.3) is 0 Å². The van der Waals surface area contributed by atoms with E-state index < -0.39 is 295 Å². The molecule has 6 aliphatic heterocycles. The van der Waals surface area contributed by atoms with E-state index in [0.717, 1.165) is 18.2 Å². The van der Waals surface area contributed by atoms with Gasteiger partial charge in [0.1, 0.15) is 142 Å². The zero-order chi connectivity index (χ0) is 80.0. The quantitative estimate of drug-likeness (QED) is 0.0229. The zero-order valence-electron chi connectivity index (χ0n) is 60.8. The summed E-state index contributed by atoms with van der Waals surface area (Å²) in [6, 6.07) is 0. The summed E-state index contributed by atoms with van der Waals surface area (Å²) < 4.78 is 83.6. The molecule has 39 nitrogen and oxygen atoms in total. The van der Waals surface area contributed by atoms with Crippen LogP contribution in [0.4, 0.5) is 0 Å². The Morgan fingerprint density at radius 2 is 0.703 bits per heavy atom. The molecule has 6 saturated heterocycles. The summed E-state index contributed by atoms with van der Waals surface area (Å²) in [6.07, 6.45) is -45.3. The molecule has 6 heterocycles. The van der Waals surface area contributed by atoms with Gasteiger partial charge in [0, 0.05) is 30.6 Å². The number of allylic oxidation sites excluding steroid dienone is 3. The second-order valence-corrected chi connectivity index (χ2v) is 31.4. The molecule has 22 N–H and O–H groups in total. The molecule has 11 rings (SSSR count). The van der Waals surface area contributed by atoms with E-state index in [2.05, 4.69) is 0 Å². The number of hydrogen-bond donors (Lipinski definition) is 22. The second-order valence-electron chi connectivity index (χ2n) is 31.4. The maximum absolute atomic E-state index is 13.6. The van der Waals surface area contributed by atoms with Gasteiger partial charge in [0.05, 0.1) is 86.5 Å². The maximum Gasteiger partial charge on any atom is 0.330 e. The molecule has 0 radical (unpaired) electrons. The minimum atomic E-state index is -2.16. The van der Waals surface area contributed by atoms with E-state index >= 15 is 0 Å². The topological polar surface area (TPSA) is 625 Å². The highest BCUT2D eigenvalue weighted by atomic mass is 16.8. The summed E-state index contributed by atoms with van der Waals surface area (Å²) in [5, 5.41) is 238. The van der Waals surface area contributed by atoms with Crippen molar-refractivity contribution in [2.45, 2.75) is 330 Å². The highest BCUT2D eigenvalue weighted by Crippen LogP contribution is 2.46. The molecule has 39 heteroatoms. The van der Waals surface area contributed by atoms with Gasteiger partial charge in [-0.05, 0) is 120 Å². The summed E-state index contributed by atoms with van der Waals surface area (Å²) in [4.78, 5) is 39.6. The average molecular weight is 1600 g/mol. The van der Waals surface area contributed by atoms with Crippen LogP contribution in [0, 0.1) is 29.6 Å². The Morgan fingerprint density at radius 3 is 1.18 bits per heavy atom. The van der Waals surface area contributed by atoms with E-state index in [-0.39, 0.29) is 69.6 Å². The third-order valence-electron chi connectivity index (χ3n) is 23.7. The Kier molecular flexibility index (Phi) is 31.5. The van der Waals surface area contributed by atoms with Crippen molar-refractivity contribution in [2.75, 3.05) is 33.0 Å². The molecule has 5 aliphatic carbocycles. The lowest BCUT2D eigenvalue weighted by Gasteiger charge is -2.52. The number of esters is 3. The fourth-order valence-corrected chi connectivity index (χ4v) is 16.9. The SMILES string of the molecule is O=C(C=CC1CCC(O)C(O)C1)OC[C@H]1O[C@@H](OC2CCC(C=CC(=O)OC[C@H]3O[C@@H](OC4CC5C(CC(O)CC5O[C@@H]5O[C@H](CO)[C@@H](O)[C@H](O)[C@H]5O)OC4C4CCC(O)CC4)[C@H](O[C@@H]4O[C@H](COC(=O)C=CC5CCC(O)C(O[C@@H]6O[C@H](CO)[C@@H](O)[C@H](O)[C@H]6O)C5)[C@@H](O)[C@H](O)[C@H]4O)[C@@H](O)[C@@H]3O)CC2O)[C@H](O)[C@@H](O)[C@@H]1O. The molecule has 0 bridgehead atoms. The van der Waals surface area contributed by atoms with Crippen molar-refractivity contribution in [1.82, 2.24) is 0 Å². The van der Waals surface area contributed by atoms with Crippen molar-refractivity contribution in [3.05, 3.63) is 36.5 Å². The molecule has 11 aliphatic rings. The fraction of sp³-hybridized carbons (Fsp3) is 0.875. The average Bonchev–Trinajstić information content (AvgIpc) is 0.763. The molecule has 0 amide bonds. The lowest BCUT2D eigenvalue weighted by atomic mass is 9.73. The first-order chi connectivity index (χ1) is 52.9. The molecule has 0 aromatic rings. The smallest absolute Gasteiger partial charge is 0.330 e. The van der Waals surface area contributed by atoms with Crippen LogP contribution in [0.2, 0.25) is 0 Å². The van der Waals surface area contributed by atoms with Gasteiger partial charge in [-0.2, -0.15) is 0 Å². The van der Waals surface area contributed by atoms with Crippen LogP contribution in [0.15, 0.2) is 36.5 Å². The zero-order valence-corrected chi connectivity index (χ0v) is 60.8. The van der Waals surface area contributed by atoms with Gasteiger partial charge in [-0.1, -0.05) is 18.2 Å². The normalized spacial score (nSPS) is 48.9. The summed E-state index contributed by atoms with van der Waals surface area (Å²) in [5.74, 6) is -5.13. The Hall–Kier alpha value is -3.69. The number of rotatable bonds is 25. The van der Waals surface area contributed by atoms with Gasteiger partial charge < -0.3 is 179 Å². The minimum Gasteiger partial charge on any atom is -0.460 e. The van der Waals surface area contributed by atoms with Crippen molar-refractivity contribution in [3.63, 3.8) is 0 Å². The van der Waals surface area contributed by atoms with E-state index in [4.69, 9.17) is 66.3 Å². The molecule has 0 aromatic carbocycles. The molecule has 634 valence electrons. The molecule has 0 aromatic heterocycles.